The number of carbonyl (C=O) groups excluding carboxylic acids is 1. The first-order valence-corrected chi connectivity index (χ1v) is 9.55. The third-order valence-electron chi connectivity index (χ3n) is 5.17. The molecule has 1 fully saturated rings. The Morgan fingerprint density at radius 1 is 1.07 bits per heavy atom. The van der Waals surface area contributed by atoms with E-state index in [1.807, 2.05) is 36.4 Å². The van der Waals surface area contributed by atoms with E-state index < -0.39 is 0 Å². The van der Waals surface area contributed by atoms with Gasteiger partial charge in [-0.25, -0.2) is 0 Å². The molecule has 1 aliphatic heterocycles. The lowest BCUT2D eigenvalue weighted by Gasteiger charge is -2.26. The van der Waals surface area contributed by atoms with Crippen LogP contribution in [-0.2, 0) is 4.79 Å². The van der Waals surface area contributed by atoms with Gasteiger partial charge in [0, 0.05) is 30.6 Å². The summed E-state index contributed by atoms with van der Waals surface area (Å²) in [7, 11) is 4.93. The quantitative estimate of drug-likeness (QED) is 0.748. The molecule has 6 nitrogen and oxygen atoms in total. The Morgan fingerprint density at radius 3 is 2.61 bits per heavy atom. The van der Waals surface area contributed by atoms with Crippen LogP contribution >= 0.6 is 0 Å². The van der Waals surface area contributed by atoms with E-state index in [9.17, 15) is 4.79 Å². The maximum absolute atomic E-state index is 12.5. The molecule has 150 valence electrons. The molecule has 0 aromatic heterocycles. The molecule has 0 aliphatic carbocycles. The maximum Gasteiger partial charge on any atom is 0.225 e. The van der Waals surface area contributed by atoms with Gasteiger partial charge in [0.25, 0.3) is 0 Å². The molecule has 0 radical (unpaired) electrons. The predicted octanol–water partition coefficient (Wildman–Crippen LogP) is 3.88. The molecule has 3 rings (SSSR count). The van der Waals surface area contributed by atoms with Crippen LogP contribution in [0, 0.1) is 0 Å². The average molecular weight is 384 g/mol. The maximum atomic E-state index is 12.5. The van der Waals surface area contributed by atoms with E-state index in [4.69, 9.17) is 14.2 Å². The molecular formula is C22H28N2O4. The number of benzene rings is 2. The van der Waals surface area contributed by atoms with Gasteiger partial charge in [0.05, 0.1) is 27.0 Å². The highest BCUT2D eigenvalue weighted by atomic mass is 16.5. The van der Waals surface area contributed by atoms with E-state index in [1.54, 1.807) is 21.3 Å². The number of rotatable bonds is 8. The molecule has 6 heteroatoms. The Bertz CT molecular complexity index is 809. The number of nitrogens with zero attached hydrogens (tertiary/aromatic N) is 1. The second-order valence-corrected chi connectivity index (χ2v) is 6.80. The number of likely N-dealkylation sites (tertiary alicyclic amines) is 1. The van der Waals surface area contributed by atoms with Gasteiger partial charge >= 0.3 is 0 Å². The molecule has 1 N–H and O–H groups in total. The number of ether oxygens (including phenoxy) is 3. The van der Waals surface area contributed by atoms with Crippen molar-refractivity contribution in [2.45, 2.75) is 25.3 Å². The van der Waals surface area contributed by atoms with Gasteiger partial charge in [0.15, 0.2) is 0 Å². The fourth-order valence-electron chi connectivity index (χ4n) is 3.75. The first kappa shape index (κ1) is 20.0. The van der Waals surface area contributed by atoms with E-state index in [0.717, 1.165) is 36.4 Å². The summed E-state index contributed by atoms with van der Waals surface area (Å²) in [4.78, 5) is 14.8. The molecule has 0 bridgehead atoms. The Labute approximate surface area is 166 Å². The molecule has 2 aromatic rings. The molecule has 1 heterocycles. The summed E-state index contributed by atoms with van der Waals surface area (Å²) < 4.78 is 16.2. The summed E-state index contributed by atoms with van der Waals surface area (Å²) in [6.45, 7) is 1.67. The monoisotopic (exact) mass is 384 g/mol. The zero-order chi connectivity index (χ0) is 19.9. The lowest BCUT2D eigenvalue weighted by Crippen LogP contribution is -2.28. The van der Waals surface area contributed by atoms with Crippen molar-refractivity contribution in [1.82, 2.24) is 4.90 Å². The Balaban J connectivity index is 1.63. The van der Waals surface area contributed by atoms with Gasteiger partial charge in [0.2, 0.25) is 5.91 Å². The number of carbonyl (C=O) groups is 1. The van der Waals surface area contributed by atoms with Crippen LogP contribution < -0.4 is 19.5 Å². The summed E-state index contributed by atoms with van der Waals surface area (Å²) in [5.41, 5.74) is 1.84. The van der Waals surface area contributed by atoms with Crippen LogP contribution in [0.4, 0.5) is 5.69 Å². The molecule has 1 atom stereocenters. The number of anilines is 1. The number of hydrogen-bond donors (Lipinski definition) is 1. The highest BCUT2D eigenvalue weighted by Crippen LogP contribution is 2.38. The van der Waals surface area contributed by atoms with Crippen LogP contribution in [0.25, 0.3) is 0 Å². The lowest BCUT2D eigenvalue weighted by molar-refractivity contribution is -0.116. The van der Waals surface area contributed by atoms with E-state index in [2.05, 4.69) is 16.3 Å². The smallest absolute Gasteiger partial charge is 0.225 e. The first-order valence-electron chi connectivity index (χ1n) is 9.55. The van der Waals surface area contributed by atoms with Crippen LogP contribution in [0.2, 0.25) is 0 Å². The molecule has 1 saturated heterocycles. The molecule has 0 saturated carbocycles. The molecule has 28 heavy (non-hydrogen) atoms. The third-order valence-corrected chi connectivity index (χ3v) is 5.17. The van der Waals surface area contributed by atoms with Crippen LogP contribution in [0.1, 0.15) is 30.9 Å². The number of para-hydroxylation sites is 2. The van der Waals surface area contributed by atoms with Gasteiger partial charge in [-0.15, -0.1) is 0 Å². The fourth-order valence-corrected chi connectivity index (χ4v) is 3.75. The van der Waals surface area contributed by atoms with E-state index >= 15 is 0 Å². The molecule has 2 aromatic carbocycles. The summed E-state index contributed by atoms with van der Waals surface area (Å²) >= 11 is 0. The Hall–Kier alpha value is -2.73. The van der Waals surface area contributed by atoms with Crippen LogP contribution in [0.3, 0.4) is 0 Å². The van der Waals surface area contributed by atoms with Gasteiger partial charge in [-0.05, 0) is 37.6 Å². The topological polar surface area (TPSA) is 60.0 Å². The molecule has 0 spiro atoms. The highest BCUT2D eigenvalue weighted by Gasteiger charge is 2.28. The molecule has 1 aliphatic rings. The van der Waals surface area contributed by atoms with Crippen molar-refractivity contribution in [3.8, 4) is 17.2 Å². The summed E-state index contributed by atoms with van der Waals surface area (Å²) in [5, 5.41) is 2.95. The first-order chi connectivity index (χ1) is 13.7. The van der Waals surface area contributed by atoms with Gasteiger partial charge in [-0.3, -0.25) is 9.69 Å². The van der Waals surface area contributed by atoms with Gasteiger partial charge in [-0.1, -0.05) is 18.2 Å². The van der Waals surface area contributed by atoms with Crippen LogP contribution in [0.15, 0.2) is 42.5 Å². The van der Waals surface area contributed by atoms with Crippen molar-refractivity contribution in [2.75, 3.05) is 39.7 Å². The zero-order valence-electron chi connectivity index (χ0n) is 16.7. The SMILES string of the molecule is COc1ccc(C2CCCN2CCC(=O)Nc2ccccc2OC)c(OC)c1. The minimum atomic E-state index is -0.0168. The van der Waals surface area contributed by atoms with Gasteiger partial charge < -0.3 is 19.5 Å². The fraction of sp³-hybridized carbons (Fsp3) is 0.409. The van der Waals surface area contributed by atoms with Crippen molar-refractivity contribution in [3.63, 3.8) is 0 Å². The molecule has 1 amide bonds. The van der Waals surface area contributed by atoms with Crippen LogP contribution in [0.5, 0.6) is 17.2 Å². The van der Waals surface area contributed by atoms with Gasteiger partial charge in [-0.2, -0.15) is 0 Å². The van der Waals surface area contributed by atoms with Crippen molar-refractivity contribution < 1.29 is 19.0 Å². The third kappa shape index (κ3) is 4.57. The normalized spacial score (nSPS) is 16.6. The van der Waals surface area contributed by atoms with E-state index in [0.29, 0.717) is 24.4 Å². The second-order valence-electron chi connectivity index (χ2n) is 6.80. The second kappa shape index (κ2) is 9.46. The largest absolute Gasteiger partial charge is 0.497 e. The van der Waals surface area contributed by atoms with Gasteiger partial charge in [0.1, 0.15) is 17.2 Å². The highest BCUT2D eigenvalue weighted by molar-refractivity contribution is 5.92. The minimum absolute atomic E-state index is 0.0168. The predicted molar refractivity (Wildman–Crippen MR) is 109 cm³/mol. The van der Waals surface area contributed by atoms with Crippen molar-refractivity contribution >= 4 is 11.6 Å². The molecular weight excluding hydrogens is 356 g/mol. The standard InChI is InChI=1S/C22H28N2O4/c1-26-16-10-11-17(21(15-16)28-3)19-8-6-13-24(19)14-12-22(25)23-18-7-4-5-9-20(18)27-2/h4-5,7,9-11,15,19H,6,8,12-14H2,1-3H3,(H,23,25). The lowest BCUT2D eigenvalue weighted by atomic mass is 10.0. The average Bonchev–Trinajstić information content (AvgIpc) is 3.20. The number of amides is 1. The van der Waals surface area contributed by atoms with Crippen molar-refractivity contribution in [1.29, 1.82) is 0 Å². The number of nitrogens with one attached hydrogen (secondary N) is 1. The van der Waals surface area contributed by atoms with E-state index in [1.165, 1.54) is 0 Å². The zero-order valence-corrected chi connectivity index (χ0v) is 16.7. The minimum Gasteiger partial charge on any atom is -0.497 e. The van der Waals surface area contributed by atoms with Crippen molar-refractivity contribution in [2.24, 2.45) is 0 Å². The summed E-state index contributed by atoms with van der Waals surface area (Å²) in [6, 6.07) is 13.6. The Kier molecular flexibility index (Phi) is 6.76. The van der Waals surface area contributed by atoms with Crippen molar-refractivity contribution in [3.05, 3.63) is 48.0 Å². The summed E-state index contributed by atoms with van der Waals surface area (Å²) in [6.07, 6.45) is 2.58. The molecule has 1 unspecified atom stereocenters. The Morgan fingerprint density at radius 2 is 1.86 bits per heavy atom. The van der Waals surface area contributed by atoms with E-state index in [-0.39, 0.29) is 11.9 Å². The van der Waals surface area contributed by atoms with Crippen LogP contribution in [-0.4, -0.2) is 45.2 Å². The summed E-state index contributed by atoms with van der Waals surface area (Å²) in [5.74, 6) is 2.26. The number of hydrogen-bond acceptors (Lipinski definition) is 5. The number of methoxy groups -OCH3 is 3.